The van der Waals surface area contributed by atoms with E-state index in [0.29, 0.717) is 23.9 Å². The molecule has 4 nitrogen and oxygen atoms in total. The van der Waals surface area contributed by atoms with Crippen LogP contribution < -0.4 is 5.32 Å². The van der Waals surface area contributed by atoms with Crippen LogP contribution in [0.2, 0.25) is 0 Å². The smallest absolute Gasteiger partial charge is 0.243 e. The first-order valence-corrected chi connectivity index (χ1v) is 9.58. The van der Waals surface area contributed by atoms with Gasteiger partial charge in [-0.3, -0.25) is 0 Å². The molecule has 1 atom stereocenters. The maximum absolute atomic E-state index is 12.8. The van der Waals surface area contributed by atoms with Crippen LogP contribution in [0.15, 0.2) is 45.8 Å². The molecule has 1 aliphatic rings. The molecule has 0 spiro atoms. The van der Waals surface area contributed by atoms with Crippen LogP contribution in [0.5, 0.6) is 0 Å². The van der Waals surface area contributed by atoms with Crippen molar-refractivity contribution in [2.75, 3.05) is 26.7 Å². The molecule has 3 rings (SSSR count). The lowest BCUT2D eigenvalue weighted by Gasteiger charge is -2.17. The Morgan fingerprint density at radius 1 is 1.22 bits per heavy atom. The molecule has 1 saturated heterocycles. The normalized spacial score (nSPS) is 19.0. The fraction of sp³-hybridized carbons (Fsp3) is 0.375. The molecule has 0 aromatic heterocycles. The predicted octanol–water partition coefficient (Wildman–Crippen LogP) is 3.25. The Morgan fingerprint density at radius 3 is 2.65 bits per heavy atom. The van der Waals surface area contributed by atoms with Crippen LogP contribution in [-0.4, -0.2) is 39.4 Å². The van der Waals surface area contributed by atoms with Gasteiger partial charge in [-0.1, -0.05) is 28.1 Å². The van der Waals surface area contributed by atoms with Crippen LogP contribution in [0.1, 0.15) is 6.42 Å². The number of benzene rings is 2. The summed E-state index contributed by atoms with van der Waals surface area (Å²) >= 11 is 3.43. The highest BCUT2D eigenvalue weighted by molar-refractivity contribution is 9.10. The number of rotatable bonds is 4. The highest BCUT2D eigenvalue weighted by Crippen LogP contribution is 2.27. The fourth-order valence-corrected chi connectivity index (χ4v) is 4.92. The summed E-state index contributed by atoms with van der Waals surface area (Å²) in [6, 6.07) is 11.2. The van der Waals surface area contributed by atoms with Crippen LogP contribution >= 0.6 is 28.3 Å². The fourth-order valence-electron chi connectivity index (χ4n) is 2.97. The largest absolute Gasteiger partial charge is 0.319 e. The molecule has 0 bridgehead atoms. The molecule has 1 N–H and O–H groups in total. The molecular weight excluding hydrogens is 400 g/mol. The van der Waals surface area contributed by atoms with Gasteiger partial charge in [-0.15, -0.1) is 12.4 Å². The second kappa shape index (κ2) is 7.49. The van der Waals surface area contributed by atoms with Gasteiger partial charge < -0.3 is 5.32 Å². The number of fused-ring (bicyclic) bond motifs is 1. The van der Waals surface area contributed by atoms with E-state index in [0.717, 1.165) is 28.2 Å². The number of nitrogens with zero attached hydrogens (tertiary/aromatic N) is 1. The van der Waals surface area contributed by atoms with E-state index in [4.69, 9.17) is 0 Å². The molecule has 0 saturated carbocycles. The van der Waals surface area contributed by atoms with Gasteiger partial charge >= 0.3 is 0 Å². The first kappa shape index (κ1) is 18.7. The lowest BCUT2D eigenvalue weighted by molar-refractivity contribution is 0.451. The lowest BCUT2D eigenvalue weighted by atomic mass is 10.1. The summed E-state index contributed by atoms with van der Waals surface area (Å²) in [5, 5.41) is 5.10. The zero-order valence-corrected chi connectivity index (χ0v) is 16.0. The Labute approximate surface area is 151 Å². The second-order valence-corrected chi connectivity index (χ2v) is 8.58. The molecule has 7 heteroatoms. The number of hydrogen-bond acceptors (Lipinski definition) is 3. The third-order valence-corrected chi connectivity index (χ3v) is 6.51. The lowest BCUT2D eigenvalue weighted by Crippen LogP contribution is -2.30. The average Bonchev–Trinajstić information content (AvgIpc) is 2.96. The highest BCUT2D eigenvalue weighted by Gasteiger charge is 2.32. The maximum Gasteiger partial charge on any atom is 0.243 e. The molecule has 1 fully saturated rings. The molecule has 23 heavy (non-hydrogen) atoms. The van der Waals surface area contributed by atoms with Crippen LogP contribution in [0.25, 0.3) is 10.8 Å². The van der Waals surface area contributed by atoms with E-state index in [1.54, 1.807) is 16.4 Å². The Balaban J connectivity index is 0.00000192. The van der Waals surface area contributed by atoms with Crippen LogP contribution in [0.3, 0.4) is 0 Å². The summed E-state index contributed by atoms with van der Waals surface area (Å²) in [6.07, 6.45) is 0.917. The minimum absolute atomic E-state index is 0. The Kier molecular flexibility index (Phi) is 6.08. The van der Waals surface area contributed by atoms with E-state index in [1.807, 2.05) is 31.3 Å². The van der Waals surface area contributed by atoms with Gasteiger partial charge in [0.1, 0.15) is 0 Å². The number of halogens is 2. The highest BCUT2D eigenvalue weighted by atomic mass is 79.9. The van der Waals surface area contributed by atoms with Crippen molar-refractivity contribution in [3.63, 3.8) is 0 Å². The number of sulfonamides is 1. The van der Waals surface area contributed by atoms with Crippen molar-refractivity contribution >= 4 is 49.1 Å². The van der Waals surface area contributed by atoms with Gasteiger partial charge in [0.05, 0.1) is 4.90 Å². The van der Waals surface area contributed by atoms with Gasteiger partial charge in [0.15, 0.2) is 0 Å². The molecule has 0 amide bonds. The zero-order valence-electron chi connectivity index (χ0n) is 12.8. The Morgan fingerprint density at radius 2 is 1.91 bits per heavy atom. The van der Waals surface area contributed by atoms with Crippen molar-refractivity contribution in [2.24, 2.45) is 5.92 Å². The topological polar surface area (TPSA) is 49.4 Å². The van der Waals surface area contributed by atoms with E-state index in [1.165, 1.54) is 0 Å². The third-order valence-electron chi connectivity index (χ3n) is 4.15. The summed E-state index contributed by atoms with van der Waals surface area (Å²) in [7, 11) is -1.50. The molecule has 2 aromatic carbocycles. The van der Waals surface area contributed by atoms with E-state index >= 15 is 0 Å². The van der Waals surface area contributed by atoms with E-state index in [-0.39, 0.29) is 12.4 Å². The monoisotopic (exact) mass is 418 g/mol. The van der Waals surface area contributed by atoms with Crippen LogP contribution in [-0.2, 0) is 10.0 Å². The SMILES string of the molecule is CNCC1CCN(S(=O)(=O)c2ccc3cc(Br)ccc3c2)C1.Cl. The summed E-state index contributed by atoms with van der Waals surface area (Å²) in [4.78, 5) is 0.382. The van der Waals surface area contributed by atoms with Gasteiger partial charge in [0.2, 0.25) is 10.0 Å². The predicted molar refractivity (Wildman–Crippen MR) is 99.7 cm³/mol. The van der Waals surface area contributed by atoms with E-state index < -0.39 is 10.0 Å². The van der Waals surface area contributed by atoms with Crippen LogP contribution in [0.4, 0.5) is 0 Å². The third kappa shape index (κ3) is 3.88. The Bertz CT molecular complexity index is 798. The van der Waals surface area contributed by atoms with Crippen molar-refractivity contribution in [3.8, 4) is 0 Å². The van der Waals surface area contributed by atoms with E-state index in [2.05, 4.69) is 21.2 Å². The number of nitrogens with one attached hydrogen (secondary N) is 1. The molecule has 2 aromatic rings. The van der Waals surface area contributed by atoms with Crippen molar-refractivity contribution in [1.82, 2.24) is 9.62 Å². The van der Waals surface area contributed by atoms with Crippen molar-refractivity contribution in [1.29, 1.82) is 0 Å². The van der Waals surface area contributed by atoms with Gasteiger partial charge in [-0.05, 0) is 61.0 Å². The molecule has 0 radical (unpaired) electrons. The minimum Gasteiger partial charge on any atom is -0.319 e. The average molecular weight is 420 g/mol. The minimum atomic E-state index is -3.40. The van der Waals surface area contributed by atoms with Crippen LogP contribution in [0, 0.1) is 5.92 Å². The van der Waals surface area contributed by atoms with Crippen molar-refractivity contribution in [3.05, 3.63) is 40.9 Å². The second-order valence-electron chi connectivity index (χ2n) is 5.73. The van der Waals surface area contributed by atoms with Crippen molar-refractivity contribution < 1.29 is 8.42 Å². The summed E-state index contributed by atoms with van der Waals surface area (Å²) in [5.41, 5.74) is 0. The first-order chi connectivity index (χ1) is 10.5. The molecule has 0 aliphatic carbocycles. The van der Waals surface area contributed by atoms with E-state index in [9.17, 15) is 8.42 Å². The van der Waals surface area contributed by atoms with Gasteiger partial charge in [-0.25, -0.2) is 8.42 Å². The molecule has 126 valence electrons. The summed E-state index contributed by atoms with van der Waals surface area (Å²) in [6.45, 7) is 2.06. The van der Waals surface area contributed by atoms with Gasteiger partial charge in [0, 0.05) is 17.6 Å². The molecule has 1 heterocycles. The van der Waals surface area contributed by atoms with Crippen molar-refractivity contribution in [2.45, 2.75) is 11.3 Å². The first-order valence-electron chi connectivity index (χ1n) is 7.35. The summed E-state index contributed by atoms with van der Waals surface area (Å²) in [5.74, 6) is 0.399. The standard InChI is InChI=1S/C16H19BrN2O2S.ClH/c1-18-10-12-6-7-19(11-12)22(20,21)16-5-3-13-8-15(17)4-2-14(13)9-16;/h2-5,8-9,12,18H,6-7,10-11H2,1H3;1H. The van der Waals surface area contributed by atoms with Gasteiger partial charge in [0.25, 0.3) is 0 Å². The Hall–Kier alpha value is -0.660. The quantitative estimate of drug-likeness (QED) is 0.827. The molecular formula is C16H20BrClN2O2S. The van der Waals surface area contributed by atoms with Gasteiger partial charge in [-0.2, -0.15) is 4.31 Å². The summed E-state index contributed by atoms with van der Waals surface area (Å²) < 4.78 is 28.2. The number of hydrogen-bond donors (Lipinski definition) is 1. The maximum atomic E-state index is 12.8. The molecule has 1 aliphatic heterocycles. The zero-order chi connectivity index (χ0) is 15.7. The molecule has 1 unspecified atom stereocenters.